The Hall–Kier alpha value is -1.55. The maximum Gasteiger partial charge on any atom is 0.322 e. The number of carbonyl (C=O) groups excluding carboxylic acids is 1. The first-order valence-electron chi connectivity index (χ1n) is 4.67. The van der Waals surface area contributed by atoms with Crippen molar-refractivity contribution in [2.24, 2.45) is 5.73 Å². The van der Waals surface area contributed by atoms with Crippen LogP contribution in [0, 0.1) is 6.92 Å². The Morgan fingerprint density at radius 2 is 2.27 bits per heavy atom. The summed E-state index contributed by atoms with van der Waals surface area (Å²) < 4.78 is 4.53. The second-order valence-electron chi connectivity index (χ2n) is 3.40. The SMILES string of the molecule is COC(=O)[C@H](N)Cc1cccc(O)c1C. The molecular weight excluding hydrogens is 194 g/mol. The molecule has 1 atom stereocenters. The molecule has 0 aromatic heterocycles. The highest BCUT2D eigenvalue weighted by molar-refractivity contribution is 5.75. The van der Waals surface area contributed by atoms with Gasteiger partial charge < -0.3 is 15.6 Å². The fourth-order valence-corrected chi connectivity index (χ4v) is 1.36. The highest BCUT2D eigenvalue weighted by atomic mass is 16.5. The third-order valence-electron chi connectivity index (χ3n) is 2.36. The predicted octanol–water partition coefficient (Wildman–Crippen LogP) is 0.743. The lowest BCUT2D eigenvalue weighted by atomic mass is 10.0. The Morgan fingerprint density at radius 1 is 1.60 bits per heavy atom. The lowest BCUT2D eigenvalue weighted by Crippen LogP contribution is -2.33. The van der Waals surface area contributed by atoms with Gasteiger partial charge in [0.25, 0.3) is 0 Å². The van der Waals surface area contributed by atoms with Gasteiger partial charge in [0.2, 0.25) is 0 Å². The summed E-state index contributed by atoms with van der Waals surface area (Å²) in [6.07, 6.45) is 0.368. The molecule has 1 rings (SSSR count). The van der Waals surface area contributed by atoms with E-state index in [4.69, 9.17) is 5.73 Å². The van der Waals surface area contributed by atoms with Crippen molar-refractivity contribution in [1.82, 2.24) is 0 Å². The number of carbonyl (C=O) groups is 1. The van der Waals surface area contributed by atoms with E-state index in [2.05, 4.69) is 4.74 Å². The van der Waals surface area contributed by atoms with Crippen LogP contribution < -0.4 is 5.73 Å². The maximum absolute atomic E-state index is 11.1. The largest absolute Gasteiger partial charge is 0.508 e. The summed E-state index contributed by atoms with van der Waals surface area (Å²) in [5.74, 6) is -0.234. The van der Waals surface area contributed by atoms with Gasteiger partial charge >= 0.3 is 5.97 Å². The van der Waals surface area contributed by atoms with Crippen LogP contribution in [0.3, 0.4) is 0 Å². The van der Waals surface area contributed by atoms with Crippen LogP contribution in [-0.2, 0) is 16.0 Å². The lowest BCUT2D eigenvalue weighted by Gasteiger charge is -2.11. The molecule has 0 aliphatic heterocycles. The van der Waals surface area contributed by atoms with Crippen molar-refractivity contribution in [3.05, 3.63) is 29.3 Å². The van der Waals surface area contributed by atoms with Gasteiger partial charge in [-0.2, -0.15) is 0 Å². The van der Waals surface area contributed by atoms with Crippen LogP contribution in [0.15, 0.2) is 18.2 Å². The molecule has 0 unspecified atom stereocenters. The molecule has 3 N–H and O–H groups in total. The van der Waals surface area contributed by atoms with Crippen LogP contribution in [0.5, 0.6) is 5.75 Å². The van der Waals surface area contributed by atoms with Gasteiger partial charge in [-0.05, 0) is 30.5 Å². The van der Waals surface area contributed by atoms with Crippen LogP contribution in [0.25, 0.3) is 0 Å². The first-order chi connectivity index (χ1) is 7.06. The second-order valence-corrected chi connectivity index (χ2v) is 3.40. The number of esters is 1. The molecule has 0 bridgehead atoms. The molecule has 4 nitrogen and oxygen atoms in total. The average molecular weight is 209 g/mol. The van der Waals surface area contributed by atoms with E-state index in [1.807, 2.05) is 6.07 Å². The Labute approximate surface area is 88.7 Å². The van der Waals surface area contributed by atoms with E-state index in [9.17, 15) is 9.90 Å². The zero-order valence-corrected chi connectivity index (χ0v) is 8.86. The Kier molecular flexibility index (Phi) is 3.68. The van der Waals surface area contributed by atoms with Crippen LogP contribution in [0.1, 0.15) is 11.1 Å². The van der Waals surface area contributed by atoms with Gasteiger partial charge in [0.05, 0.1) is 7.11 Å². The van der Waals surface area contributed by atoms with Crippen molar-refractivity contribution in [1.29, 1.82) is 0 Å². The van der Waals surface area contributed by atoms with E-state index in [1.165, 1.54) is 7.11 Å². The van der Waals surface area contributed by atoms with Gasteiger partial charge in [-0.1, -0.05) is 12.1 Å². The van der Waals surface area contributed by atoms with Crippen molar-refractivity contribution in [2.75, 3.05) is 7.11 Å². The predicted molar refractivity (Wildman–Crippen MR) is 56.5 cm³/mol. The fourth-order valence-electron chi connectivity index (χ4n) is 1.36. The van der Waals surface area contributed by atoms with Gasteiger partial charge in [-0.15, -0.1) is 0 Å². The van der Waals surface area contributed by atoms with E-state index in [0.717, 1.165) is 11.1 Å². The number of benzene rings is 1. The number of hydrogen-bond donors (Lipinski definition) is 2. The monoisotopic (exact) mass is 209 g/mol. The van der Waals surface area contributed by atoms with Crippen LogP contribution >= 0.6 is 0 Å². The molecule has 0 saturated carbocycles. The smallest absolute Gasteiger partial charge is 0.322 e. The quantitative estimate of drug-likeness (QED) is 0.720. The zero-order chi connectivity index (χ0) is 11.4. The number of methoxy groups -OCH3 is 1. The summed E-state index contributed by atoms with van der Waals surface area (Å²) in [5.41, 5.74) is 7.22. The minimum Gasteiger partial charge on any atom is -0.508 e. The maximum atomic E-state index is 11.1. The van der Waals surface area contributed by atoms with E-state index in [0.29, 0.717) is 6.42 Å². The summed E-state index contributed by atoms with van der Waals surface area (Å²) in [6, 6.07) is 4.47. The van der Waals surface area contributed by atoms with E-state index < -0.39 is 12.0 Å². The molecule has 0 aliphatic rings. The number of hydrogen-bond acceptors (Lipinski definition) is 4. The number of phenolic OH excluding ortho intramolecular Hbond substituents is 1. The number of aromatic hydroxyl groups is 1. The summed E-state index contributed by atoms with van der Waals surface area (Å²) in [7, 11) is 1.30. The third-order valence-corrected chi connectivity index (χ3v) is 2.36. The molecule has 0 aliphatic carbocycles. The molecular formula is C11H15NO3. The number of nitrogens with two attached hydrogens (primary N) is 1. The Bertz CT molecular complexity index is 363. The second kappa shape index (κ2) is 4.79. The molecule has 0 amide bonds. The molecule has 1 aromatic carbocycles. The topological polar surface area (TPSA) is 72.5 Å². The number of rotatable bonds is 3. The minimum absolute atomic E-state index is 0.213. The molecule has 4 heteroatoms. The van der Waals surface area contributed by atoms with Crippen LogP contribution in [-0.4, -0.2) is 24.2 Å². The van der Waals surface area contributed by atoms with E-state index >= 15 is 0 Å². The van der Waals surface area contributed by atoms with Crippen molar-refractivity contribution >= 4 is 5.97 Å². The van der Waals surface area contributed by atoms with Gasteiger partial charge in [-0.3, -0.25) is 4.79 Å². The van der Waals surface area contributed by atoms with Crippen molar-refractivity contribution in [3.63, 3.8) is 0 Å². The zero-order valence-electron chi connectivity index (χ0n) is 8.86. The summed E-state index contributed by atoms with van der Waals surface area (Å²) >= 11 is 0. The highest BCUT2D eigenvalue weighted by Gasteiger charge is 2.15. The fraction of sp³-hybridized carbons (Fsp3) is 0.364. The van der Waals surface area contributed by atoms with E-state index in [1.54, 1.807) is 19.1 Å². The molecule has 0 spiro atoms. The van der Waals surface area contributed by atoms with Crippen molar-refractivity contribution in [3.8, 4) is 5.75 Å². The van der Waals surface area contributed by atoms with Crippen LogP contribution in [0.4, 0.5) is 0 Å². The van der Waals surface area contributed by atoms with Gasteiger partial charge in [0, 0.05) is 0 Å². The van der Waals surface area contributed by atoms with Crippen molar-refractivity contribution < 1.29 is 14.6 Å². The highest BCUT2D eigenvalue weighted by Crippen LogP contribution is 2.20. The van der Waals surface area contributed by atoms with E-state index in [-0.39, 0.29) is 5.75 Å². The van der Waals surface area contributed by atoms with Crippen molar-refractivity contribution in [2.45, 2.75) is 19.4 Å². The van der Waals surface area contributed by atoms with Gasteiger partial charge in [0.1, 0.15) is 11.8 Å². The summed E-state index contributed by atoms with van der Waals surface area (Å²) in [6.45, 7) is 1.79. The van der Waals surface area contributed by atoms with Gasteiger partial charge in [0.15, 0.2) is 0 Å². The number of ether oxygens (including phenoxy) is 1. The first kappa shape index (κ1) is 11.5. The molecule has 0 radical (unpaired) electrons. The molecule has 0 saturated heterocycles. The average Bonchev–Trinajstić information content (AvgIpc) is 2.23. The summed E-state index contributed by atoms with van der Waals surface area (Å²) in [5, 5.41) is 9.45. The minimum atomic E-state index is -0.685. The summed E-state index contributed by atoms with van der Waals surface area (Å²) in [4.78, 5) is 11.1. The van der Waals surface area contributed by atoms with Gasteiger partial charge in [-0.25, -0.2) is 0 Å². The molecule has 0 heterocycles. The first-order valence-corrected chi connectivity index (χ1v) is 4.67. The normalized spacial score (nSPS) is 12.2. The molecule has 0 fully saturated rings. The molecule has 15 heavy (non-hydrogen) atoms. The standard InChI is InChI=1S/C11H15NO3/c1-7-8(4-3-5-10(7)13)6-9(12)11(14)15-2/h3-5,9,13H,6,12H2,1-2H3/t9-/m1/s1. The van der Waals surface area contributed by atoms with Crippen LogP contribution in [0.2, 0.25) is 0 Å². The Morgan fingerprint density at radius 3 is 2.87 bits per heavy atom. The Balaban J connectivity index is 2.81. The molecule has 1 aromatic rings. The number of phenols is 1. The third kappa shape index (κ3) is 2.70. The lowest BCUT2D eigenvalue weighted by molar-refractivity contribution is -0.142. The molecule has 82 valence electrons.